The van der Waals surface area contributed by atoms with Gasteiger partial charge in [-0.1, -0.05) is 23.8 Å². The lowest BCUT2D eigenvalue weighted by Crippen LogP contribution is -2.26. The van der Waals surface area contributed by atoms with Crippen LogP contribution in [-0.4, -0.2) is 24.5 Å². The van der Waals surface area contributed by atoms with Gasteiger partial charge in [0.15, 0.2) is 0 Å². The number of aryl methyl sites for hydroxylation is 2. The van der Waals surface area contributed by atoms with Crippen LogP contribution in [0.5, 0.6) is 5.75 Å². The molecule has 0 fully saturated rings. The van der Waals surface area contributed by atoms with E-state index in [9.17, 15) is 4.79 Å². The van der Waals surface area contributed by atoms with Crippen LogP contribution < -0.4 is 10.1 Å². The van der Waals surface area contributed by atoms with Crippen molar-refractivity contribution in [3.05, 3.63) is 64.8 Å². The van der Waals surface area contributed by atoms with Crippen molar-refractivity contribution in [2.24, 2.45) is 0 Å². The zero-order valence-corrected chi connectivity index (χ0v) is 14.3. The number of H-pyrrole nitrogens is 1. The van der Waals surface area contributed by atoms with Gasteiger partial charge in [0.2, 0.25) is 0 Å². The lowest BCUT2D eigenvalue weighted by atomic mass is 10.1. The molecule has 1 aromatic heterocycles. The molecule has 4 nitrogen and oxygen atoms in total. The summed E-state index contributed by atoms with van der Waals surface area (Å²) in [5.74, 6) is 0.779. The van der Waals surface area contributed by atoms with Crippen LogP contribution in [0.1, 0.15) is 27.2 Å². The topological polar surface area (TPSA) is 54.1 Å². The van der Waals surface area contributed by atoms with E-state index >= 15 is 0 Å². The molecule has 0 radical (unpaired) electrons. The van der Waals surface area contributed by atoms with E-state index in [1.54, 1.807) is 7.11 Å². The Hall–Kier alpha value is -2.75. The Morgan fingerprint density at radius 2 is 1.88 bits per heavy atom. The third kappa shape index (κ3) is 3.27. The second-order valence-electron chi connectivity index (χ2n) is 6.03. The number of nitrogens with one attached hydrogen (secondary N) is 2. The molecule has 4 heteroatoms. The summed E-state index contributed by atoms with van der Waals surface area (Å²) in [6.45, 7) is 4.64. The Morgan fingerprint density at radius 1 is 1.12 bits per heavy atom. The zero-order chi connectivity index (χ0) is 17.1. The molecule has 1 amide bonds. The van der Waals surface area contributed by atoms with Crippen LogP contribution >= 0.6 is 0 Å². The molecule has 0 bridgehead atoms. The summed E-state index contributed by atoms with van der Waals surface area (Å²) in [5.41, 5.74) is 5.00. The Labute approximate surface area is 141 Å². The van der Waals surface area contributed by atoms with Crippen molar-refractivity contribution in [2.75, 3.05) is 13.7 Å². The van der Waals surface area contributed by atoms with Crippen molar-refractivity contribution in [1.29, 1.82) is 0 Å². The molecule has 0 atom stereocenters. The standard InChI is InChI=1S/C20H22N2O2/c1-13-4-9-18-17(12-13)14(2)19(22-18)20(23)21-11-10-15-5-7-16(24-3)8-6-15/h4-9,12,22H,10-11H2,1-3H3,(H,21,23). The fraction of sp³-hybridized carbons (Fsp3) is 0.250. The lowest BCUT2D eigenvalue weighted by Gasteiger charge is -2.06. The third-order valence-corrected chi connectivity index (χ3v) is 4.30. The van der Waals surface area contributed by atoms with E-state index in [2.05, 4.69) is 23.3 Å². The molecule has 2 aromatic carbocycles. The quantitative estimate of drug-likeness (QED) is 0.751. The van der Waals surface area contributed by atoms with Crippen molar-refractivity contribution in [2.45, 2.75) is 20.3 Å². The van der Waals surface area contributed by atoms with Gasteiger partial charge in [0, 0.05) is 17.4 Å². The molecular formula is C20H22N2O2. The summed E-state index contributed by atoms with van der Waals surface area (Å²) in [5, 5.41) is 4.10. The molecule has 0 unspecified atom stereocenters. The summed E-state index contributed by atoms with van der Waals surface area (Å²) < 4.78 is 5.15. The van der Waals surface area contributed by atoms with Gasteiger partial charge >= 0.3 is 0 Å². The fourth-order valence-electron chi connectivity index (χ4n) is 2.87. The molecule has 0 aliphatic rings. The summed E-state index contributed by atoms with van der Waals surface area (Å²) in [6.07, 6.45) is 0.786. The minimum absolute atomic E-state index is 0.0603. The Kier molecular flexibility index (Phi) is 4.56. The zero-order valence-electron chi connectivity index (χ0n) is 14.3. The van der Waals surface area contributed by atoms with E-state index in [1.807, 2.05) is 43.3 Å². The van der Waals surface area contributed by atoms with Crippen LogP contribution in [0.3, 0.4) is 0 Å². The number of ether oxygens (including phenoxy) is 1. The molecule has 124 valence electrons. The third-order valence-electron chi connectivity index (χ3n) is 4.30. The maximum atomic E-state index is 12.4. The van der Waals surface area contributed by atoms with Gasteiger partial charge in [0.25, 0.3) is 5.91 Å². The number of fused-ring (bicyclic) bond motifs is 1. The molecule has 3 aromatic rings. The predicted octanol–water partition coefficient (Wildman–Crippen LogP) is 3.77. The monoisotopic (exact) mass is 322 g/mol. The number of carbonyl (C=O) groups excluding carboxylic acids is 1. The van der Waals surface area contributed by atoms with Gasteiger partial charge in [-0.2, -0.15) is 0 Å². The number of hydrogen-bond donors (Lipinski definition) is 2. The maximum absolute atomic E-state index is 12.4. The van der Waals surface area contributed by atoms with E-state index in [0.29, 0.717) is 12.2 Å². The van der Waals surface area contributed by atoms with E-state index in [0.717, 1.165) is 28.6 Å². The minimum atomic E-state index is -0.0603. The van der Waals surface area contributed by atoms with Crippen molar-refractivity contribution < 1.29 is 9.53 Å². The van der Waals surface area contributed by atoms with E-state index in [4.69, 9.17) is 4.74 Å². The molecule has 3 rings (SSSR count). The number of methoxy groups -OCH3 is 1. The molecule has 0 aliphatic heterocycles. The molecular weight excluding hydrogens is 300 g/mol. The molecule has 0 aliphatic carbocycles. The molecule has 24 heavy (non-hydrogen) atoms. The number of carbonyl (C=O) groups is 1. The normalized spacial score (nSPS) is 10.8. The molecule has 2 N–H and O–H groups in total. The molecule has 0 saturated heterocycles. The fourth-order valence-corrected chi connectivity index (χ4v) is 2.87. The van der Waals surface area contributed by atoms with E-state index in [-0.39, 0.29) is 5.91 Å². The Morgan fingerprint density at radius 3 is 2.58 bits per heavy atom. The Balaban J connectivity index is 1.65. The SMILES string of the molecule is COc1ccc(CCNC(=O)c2[nH]c3ccc(C)cc3c2C)cc1. The number of aromatic nitrogens is 1. The predicted molar refractivity (Wildman–Crippen MR) is 96.8 cm³/mol. The van der Waals surface area contributed by atoms with Crippen molar-refractivity contribution in [3.63, 3.8) is 0 Å². The van der Waals surface area contributed by atoms with Gasteiger partial charge in [0.05, 0.1) is 7.11 Å². The summed E-state index contributed by atoms with van der Waals surface area (Å²) >= 11 is 0. The highest BCUT2D eigenvalue weighted by atomic mass is 16.5. The molecule has 0 saturated carbocycles. The van der Waals surface area contributed by atoms with Crippen molar-refractivity contribution in [1.82, 2.24) is 10.3 Å². The highest BCUT2D eigenvalue weighted by Gasteiger charge is 2.14. The number of amides is 1. The number of aromatic amines is 1. The number of rotatable bonds is 5. The first-order valence-electron chi connectivity index (χ1n) is 8.08. The lowest BCUT2D eigenvalue weighted by molar-refractivity contribution is 0.0949. The van der Waals surface area contributed by atoms with Gasteiger partial charge in [-0.15, -0.1) is 0 Å². The average Bonchev–Trinajstić information content (AvgIpc) is 2.92. The second kappa shape index (κ2) is 6.79. The van der Waals surface area contributed by atoms with Crippen LogP contribution in [0.25, 0.3) is 10.9 Å². The summed E-state index contributed by atoms with van der Waals surface area (Å²) in [6, 6.07) is 14.1. The number of benzene rings is 2. The van der Waals surface area contributed by atoms with Crippen molar-refractivity contribution in [3.8, 4) is 5.75 Å². The Bertz CT molecular complexity index is 863. The van der Waals surface area contributed by atoms with Crippen molar-refractivity contribution >= 4 is 16.8 Å². The van der Waals surface area contributed by atoms with Gasteiger partial charge in [-0.3, -0.25) is 4.79 Å². The first kappa shape index (κ1) is 16.1. The maximum Gasteiger partial charge on any atom is 0.268 e. The van der Waals surface area contributed by atoms with Crippen LogP contribution in [0.15, 0.2) is 42.5 Å². The highest BCUT2D eigenvalue weighted by molar-refractivity contribution is 6.01. The summed E-state index contributed by atoms with van der Waals surface area (Å²) in [4.78, 5) is 15.7. The molecule has 1 heterocycles. The van der Waals surface area contributed by atoms with Gasteiger partial charge in [-0.05, 0) is 55.7 Å². The highest BCUT2D eigenvalue weighted by Crippen LogP contribution is 2.22. The van der Waals surface area contributed by atoms with E-state index in [1.165, 1.54) is 11.1 Å². The molecule has 0 spiro atoms. The second-order valence-corrected chi connectivity index (χ2v) is 6.03. The van der Waals surface area contributed by atoms with E-state index < -0.39 is 0 Å². The number of hydrogen-bond acceptors (Lipinski definition) is 2. The summed E-state index contributed by atoms with van der Waals surface area (Å²) in [7, 11) is 1.65. The van der Waals surface area contributed by atoms with Gasteiger partial charge < -0.3 is 15.0 Å². The van der Waals surface area contributed by atoms with Gasteiger partial charge in [-0.25, -0.2) is 0 Å². The van der Waals surface area contributed by atoms with Crippen LogP contribution in [0, 0.1) is 13.8 Å². The first-order chi connectivity index (χ1) is 11.6. The largest absolute Gasteiger partial charge is 0.497 e. The van der Waals surface area contributed by atoms with Crippen LogP contribution in [-0.2, 0) is 6.42 Å². The first-order valence-corrected chi connectivity index (χ1v) is 8.08. The average molecular weight is 322 g/mol. The smallest absolute Gasteiger partial charge is 0.268 e. The van der Waals surface area contributed by atoms with Crippen LogP contribution in [0.4, 0.5) is 0 Å². The van der Waals surface area contributed by atoms with Gasteiger partial charge in [0.1, 0.15) is 11.4 Å². The van der Waals surface area contributed by atoms with Crippen LogP contribution in [0.2, 0.25) is 0 Å². The minimum Gasteiger partial charge on any atom is -0.497 e.